The van der Waals surface area contributed by atoms with Gasteiger partial charge in [-0.1, -0.05) is 25.5 Å². The molecule has 0 fully saturated rings. The van der Waals surface area contributed by atoms with Crippen LogP contribution in [-0.2, 0) is 12.8 Å². The molecule has 1 aliphatic heterocycles. The van der Waals surface area contributed by atoms with Gasteiger partial charge >= 0.3 is 0 Å². The number of nitrogens with one attached hydrogen (secondary N) is 1. The quantitative estimate of drug-likeness (QED) is 0.671. The van der Waals surface area contributed by atoms with Gasteiger partial charge in [-0.3, -0.25) is 10.1 Å². The molecule has 2 aromatic rings. The van der Waals surface area contributed by atoms with Gasteiger partial charge < -0.3 is 5.32 Å². The third-order valence-corrected chi connectivity index (χ3v) is 4.29. The van der Waals surface area contributed by atoms with Crippen LogP contribution in [0.15, 0.2) is 24.3 Å². The van der Waals surface area contributed by atoms with Gasteiger partial charge in [0.15, 0.2) is 0 Å². The Morgan fingerprint density at radius 3 is 2.96 bits per heavy atom. The van der Waals surface area contributed by atoms with Crippen molar-refractivity contribution in [3.63, 3.8) is 0 Å². The molecule has 1 aliphatic rings. The highest BCUT2D eigenvalue weighted by Crippen LogP contribution is 2.32. The third-order valence-electron chi connectivity index (χ3n) is 4.29. The summed E-state index contributed by atoms with van der Waals surface area (Å²) in [6.07, 6.45) is 6.34. The molecule has 1 aromatic heterocycles. The molecule has 2 heterocycles. The molecule has 0 amide bonds. The van der Waals surface area contributed by atoms with E-state index in [0.29, 0.717) is 5.69 Å². The normalized spacial score (nSPS) is 14.0. The van der Waals surface area contributed by atoms with Crippen LogP contribution in [0.1, 0.15) is 43.9 Å². The lowest BCUT2D eigenvalue weighted by molar-refractivity contribution is -0.384. The third kappa shape index (κ3) is 3.06. The van der Waals surface area contributed by atoms with E-state index in [-0.39, 0.29) is 10.6 Å². The summed E-state index contributed by atoms with van der Waals surface area (Å²) < 4.78 is 1.74. The number of nitrogens with zero attached hydrogens (tertiary/aromatic N) is 3. The van der Waals surface area contributed by atoms with Crippen molar-refractivity contribution < 1.29 is 4.92 Å². The van der Waals surface area contributed by atoms with E-state index in [2.05, 4.69) is 12.2 Å². The van der Waals surface area contributed by atoms with Gasteiger partial charge in [-0.25, -0.2) is 4.68 Å². The second kappa shape index (κ2) is 6.81. The Morgan fingerprint density at radius 1 is 1.35 bits per heavy atom. The van der Waals surface area contributed by atoms with Gasteiger partial charge in [-0.05, 0) is 38.2 Å². The maximum absolute atomic E-state index is 11.4. The lowest BCUT2D eigenvalue weighted by Crippen LogP contribution is -2.08. The number of hydrogen-bond donors (Lipinski definition) is 1. The predicted octanol–water partition coefficient (Wildman–Crippen LogP) is 3.87. The Morgan fingerprint density at radius 2 is 2.17 bits per heavy atom. The first kappa shape index (κ1) is 15.5. The number of hydrogen-bond acceptors (Lipinski definition) is 4. The molecule has 6 heteroatoms. The Labute approximate surface area is 135 Å². The van der Waals surface area contributed by atoms with Crippen molar-refractivity contribution in [3.05, 3.63) is 45.6 Å². The largest absolute Gasteiger partial charge is 0.370 e. The molecule has 3 rings (SSSR count). The van der Waals surface area contributed by atoms with Gasteiger partial charge in [0.25, 0.3) is 5.69 Å². The summed E-state index contributed by atoms with van der Waals surface area (Å²) in [7, 11) is 0. The summed E-state index contributed by atoms with van der Waals surface area (Å²) in [5.74, 6) is 0.933. The molecule has 1 N–H and O–H groups in total. The monoisotopic (exact) mass is 314 g/mol. The first-order chi connectivity index (χ1) is 11.2. The predicted molar refractivity (Wildman–Crippen MR) is 90.3 cm³/mol. The lowest BCUT2D eigenvalue weighted by atomic mass is 10.1. The fourth-order valence-corrected chi connectivity index (χ4v) is 3.09. The average Bonchev–Trinajstić information content (AvgIpc) is 2.73. The van der Waals surface area contributed by atoms with E-state index in [1.165, 1.54) is 11.6 Å². The molecule has 0 spiro atoms. The van der Waals surface area contributed by atoms with E-state index in [4.69, 9.17) is 5.10 Å². The molecule has 1 aromatic carbocycles. The van der Waals surface area contributed by atoms with E-state index >= 15 is 0 Å². The van der Waals surface area contributed by atoms with Crippen molar-refractivity contribution in [2.45, 2.75) is 45.4 Å². The van der Waals surface area contributed by atoms with Gasteiger partial charge in [-0.15, -0.1) is 0 Å². The van der Waals surface area contributed by atoms with Crippen molar-refractivity contribution in [1.29, 1.82) is 0 Å². The highest BCUT2D eigenvalue weighted by atomic mass is 16.6. The topological polar surface area (TPSA) is 73.0 Å². The number of fused-ring (bicyclic) bond motifs is 1. The standard InChI is InChI=1S/C17H22N4O2/c1-2-3-9-14-13-8-6-7-12-18-17(13)20(19-14)15-10-4-5-11-16(15)21(22)23/h4-5,10-11,18H,2-3,6-9,12H2,1H3. The maximum atomic E-state index is 11.4. The van der Waals surface area contributed by atoms with Crippen LogP contribution in [0, 0.1) is 10.1 Å². The molecule has 0 radical (unpaired) electrons. The van der Waals surface area contributed by atoms with Crippen molar-refractivity contribution in [1.82, 2.24) is 9.78 Å². The molecule has 0 bridgehead atoms. The smallest absolute Gasteiger partial charge is 0.294 e. The lowest BCUT2D eigenvalue weighted by Gasteiger charge is -2.09. The molecule has 6 nitrogen and oxygen atoms in total. The highest BCUT2D eigenvalue weighted by Gasteiger charge is 2.24. The van der Waals surface area contributed by atoms with Crippen LogP contribution in [0.3, 0.4) is 0 Å². The van der Waals surface area contributed by atoms with Crippen LogP contribution in [0.5, 0.6) is 0 Å². The van der Waals surface area contributed by atoms with Crippen LogP contribution < -0.4 is 5.32 Å². The first-order valence-electron chi connectivity index (χ1n) is 8.30. The minimum absolute atomic E-state index is 0.0888. The molecule has 0 saturated carbocycles. The number of anilines is 1. The second-order valence-electron chi connectivity index (χ2n) is 5.92. The summed E-state index contributed by atoms with van der Waals surface area (Å²) in [4.78, 5) is 11.0. The van der Waals surface area contributed by atoms with Crippen LogP contribution in [0.2, 0.25) is 0 Å². The Bertz CT molecular complexity index is 709. The number of benzene rings is 1. The minimum Gasteiger partial charge on any atom is -0.370 e. The van der Waals surface area contributed by atoms with Crippen LogP contribution in [0.4, 0.5) is 11.5 Å². The zero-order chi connectivity index (χ0) is 16.2. The van der Waals surface area contributed by atoms with E-state index in [0.717, 1.165) is 56.6 Å². The number of aryl methyl sites for hydroxylation is 1. The number of nitro groups is 1. The summed E-state index contributed by atoms with van der Waals surface area (Å²) in [6.45, 7) is 3.04. The fraction of sp³-hybridized carbons (Fsp3) is 0.471. The van der Waals surface area contributed by atoms with Crippen molar-refractivity contribution >= 4 is 11.5 Å². The van der Waals surface area contributed by atoms with Crippen LogP contribution >= 0.6 is 0 Å². The fourth-order valence-electron chi connectivity index (χ4n) is 3.09. The molecular formula is C17H22N4O2. The van der Waals surface area contributed by atoms with E-state index in [9.17, 15) is 10.1 Å². The number of nitro benzene ring substituents is 1. The second-order valence-corrected chi connectivity index (χ2v) is 5.92. The van der Waals surface area contributed by atoms with E-state index in [1.54, 1.807) is 16.8 Å². The van der Waals surface area contributed by atoms with E-state index < -0.39 is 0 Å². The maximum Gasteiger partial charge on any atom is 0.294 e. The SMILES string of the molecule is CCCCc1nn(-c2ccccc2[N+](=O)[O-])c2c1CCCCN2. The average molecular weight is 314 g/mol. The van der Waals surface area contributed by atoms with Crippen molar-refractivity contribution in [2.75, 3.05) is 11.9 Å². The Kier molecular flexibility index (Phi) is 4.60. The number of para-hydroxylation sites is 2. The summed E-state index contributed by atoms with van der Waals surface area (Å²) >= 11 is 0. The van der Waals surface area contributed by atoms with Gasteiger partial charge in [-0.2, -0.15) is 5.10 Å². The summed E-state index contributed by atoms with van der Waals surface area (Å²) in [5, 5.41) is 19.5. The van der Waals surface area contributed by atoms with Crippen molar-refractivity contribution in [3.8, 4) is 5.69 Å². The number of unbranched alkanes of at least 4 members (excludes halogenated alkanes) is 1. The molecule has 0 atom stereocenters. The number of rotatable bonds is 5. The molecular weight excluding hydrogens is 292 g/mol. The zero-order valence-electron chi connectivity index (χ0n) is 13.4. The van der Waals surface area contributed by atoms with Gasteiger partial charge in [0.1, 0.15) is 11.5 Å². The highest BCUT2D eigenvalue weighted by molar-refractivity contribution is 5.60. The molecule has 0 aliphatic carbocycles. The van der Waals surface area contributed by atoms with Gasteiger partial charge in [0, 0.05) is 18.2 Å². The van der Waals surface area contributed by atoms with Crippen molar-refractivity contribution in [2.24, 2.45) is 0 Å². The van der Waals surface area contributed by atoms with E-state index in [1.807, 2.05) is 6.07 Å². The first-order valence-corrected chi connectivity index (χ1v) is 8.30. The molecule has 122 valence electrons. The summed E-state index contributed by atoms with van der Waals surface area (Å²) in [6, 6.07) is 6.81. The molecule has 23 heavy (non-hydrogen) atoms. The zero-order valence-corrected chi connectivity index (χ0v) is 13.4. The molecule has 0 unspecified atom stereocenters. The summed E-state index contributed by atoms with van der Waals surface area (Å²) in [5.41, 5.74) is 2.93. The molecule has 0 saturated heterocycles. The Hall–Kier alpha value is -2.37. The van der Waals surface area contributed by atoms with Crippen LogP contribution in [-0.4, -0.2) is 21.2 Å². The van der Waals surface area contributed by atoms with Gasteiger partial charge in [0.2, 0.25) is 0 Å². The Balaban J connectivity index is 2.12. The van der Waals surface area contributed by atoms with Crippen LogP contribution in [0.25, 0.3) is 5.69 Å². The van der Waals surface area contributed by atoms with Gasteiger partial charge in [0.05, 0.1) is 10.6 Å². The number of aromatic nitrogens is 2. The minimum atomic E-state index is -0.341.